The van der Waals surface area contributed by atoms with Crippen molar-refractivity contribution in [1.29, 1.82) is 0 Å². The van der Waals surface area contributed by atoms with Crippen molar-refractivity contribution in [3.8, 4) is 0 Å². The van der Waals surface area contributed by atoms with Crippen molar-refractivity contribution in [2.24, 2.45) is 0 Å². The number of halogens is 6. The van der Waals surface area contributed by atoms with E-state index in [2.05, 4.69) is 20.7 Å². The molecular formula is C21H20F6N6O2. The second kappa shape index (κ2) is 10.3. The highest BCUT2D eigenvalue weighted by atomic mass is 19.4. The van der Waals surface area contributed by atoms with E-state index >= 15 is 0 Å². The highest BCUT2D eigenvalue weighted by Gasteiger charge is 2.42. The molecule has 1 aliphatic carbocycles. The van der Waals surface area contributed by atoms with Gasteiger partial charge in [-0.25, -0.2) is 4.68 Å². The number of nitrogens with one attached hydrogen (secondary N) is 3. The lowest BCUT2D eigenvalue weighted by Gasteiger charge is -2.23. The molecule has 0 radical (unpaired) electrons. The van der Waals surface area contributed by atoms with Crippen molar-refractivity contribution in [3.63, 3.8) is 0 Å². The van der Waals surface area contributed by atoms with E-state index in [9.17, 15) is 35.9 Å². The maximum Gasteiger partial charge on any atom is 0.433 e. The molecule has 0 spiro atoms. The van der Waals surface area contributed by atoms with Crippen LogP contribution in [-0.4, -0.2) is 40.2 Å². The average molecular weight is 502 g/mol. The van der Waals surface area contributed by atoms with E-state index in [0.29, 0.717) is 35.4 Å². The van der Waals surface area contributed by atoms with Gasteiger partial charge in [0.2, 0.25) is 5.91 Å². The van der Waals surface area contributed by atoms with E-state index in [4.69, 9.17) is 0 Å². The first-order valence-electron chi connectivity index (χ1n) is 10.2. The first-order chi connectivity index (χ1) is 16.4. The molecule has 1 unspecified atom stereocenters. The van der Waals surface area contributed by atoms with E-state index in [-0.39, 0.29) is 6.54 Å². The van der Waals surface area contributed by atoms with Crippen LogP contribution in [0, 0.1) is 0 Å². The lowest BCUT2D eigenvalue weighted by molar-refractivity contribution is -0.146. The second-order valence-corrected chi connectivity index (χ2v) is 7.44. The van der Waals surface area contributed by atoms with Crippen LogP contribution in [0.15, 0.2) is 48.3 Å². The monoisotopic (exact) mass is 502 g/mol. The summed E-state index contributed by atoms with van der Waals surface area (Å²) < 4.78 is 81.1. The fourth-order valence-corrected chi connectivity index (χ4v) is 3.34. The number of rotatable bonds is 7. The largest absolute Gasteiger partial charge is 0.433 e. The van der Waals surface area contributed by atoms with Gasteiger partial charge in [-0.3, -0.25) is 14.6 Å². The van der Waals surface area contributed by atoms with E-state index in [1.165, 1.54) is 7.05 Å². The number of likely N-dealkylation sites (N-methyl/N-ethyl adjacent to an activating group) is 1. The lowest BCUT2D eigenvalue weighted by atomic mass is 10.0. The second-order valence-electron chi connectivity index (χ2n) is 7.44. The molecule has 3 N–H and O–H groups in total. The molecule has 0 bridgehead atoms. The van der Waals surface area contributed by atoms with Crippen LogP contribution in [-0.2, 0) is 17.1 Å². The lowest BCUT2D eigenvalue weighted by Crippen LogP contribution is -2.41. The number of nitrogens with zero attached hydrogens (tertiary/aromatic N) is 3. The van der Waals surface area contributed by atoms with Gasteiger partial charge in [0, 0.05) is 24.0 Å². The molecule has 1 atom stereocenters. The molecule has 188 valence electrons. The zero-order chi connectivity index (χ0) is 25.8. The maximum absolute atomic E-state index is 14.0. The minimum Gasteiger partial charge on any atom is -0.329 e. The number of alkyl halides is 6. The van der Waals surface area contributed by atoms with Crippen molar-refractivity contribution in [3.05, 3.63) is 65.3 Å². The zero-order valence-corrected chi connectivity index (χ0v) is 18.2. The Labute approximate surface area is 195 Å². The van der Waals surface area contributed by atoms with Crippen LogP contribution in [0.25, 0.3) is 0 Å². The Morgan fingerprint density at radius 3 is 2.49 bits per heavy atom. The molecular weight excluding hydrogens is 482 g/mol. The summed E-state index contributed by atoms with van der Waals surface area (Å²) in [4.78, 5) is 28.3. The Morgan fingerprint density at radius 2 is 1.89 bits per heavy atom. The minimum absolute atomic E-state index is 0.167. The molecule has 2 aromatic rings. The number of hydrogen-bond donors (Lipinski definition) is 3. The Bertz CT molecular complexity index is 1150. The van der Waals surface area contributed by atoms with Gasteiger partial charge in [-0.15, -0.1) is 0 Å². The number of allylic oxidation sites excluding steroid dienone is 3. The molecule has 0 saturated heterocycles. The van der Waals surface area contributed by atoms with Gasteiger partial charge in [-0.05, 0) is 32.0 Å². The first kappa shape index (κ1) is 25.9. The summed E-state index contributed by atoms with van der Waals surface area (Å²) in [5.74, 6) is -1.93. The summed E-state index contributed by atoms with van der Waals surface area (Å²) in [6, 6.07) is 1.49. The molecule has 0 aromatic carbocycles. The Kier molecular flexibility index (Phi) is 7.63. The summed E-state index contributed by atoms with van der Waals surface area (Å²) in [5.41, 5.74) is -3.78. The predicted octanol–water partition coefficient (Wildman–Crippen LogP) is 3.68. The molecule has 14 heteroatoms. The quantitative estimate of drug-likeness (QED) is 0.502. The van der Waals surface area contributed by atoms with Crippen molar-refractivity contribution in [1.82, 2.24) is 25.4 Å². The molecule has 0 aliphatic heterocycles. The van der Waals surface area contributed by atoms with E-state index < -0.39 is 53.0 Å². The smallest absolute Gasteiger partial charge is 0.329 e. The van der Waals surface area contributed by atoms with Crippen molar-refractivity contribution < 1.29 is 35.9 Å². The number of anilines is 1. The van der Waals surface area contributed by atoms with Gasteiger partial charge in [-0.2, -0.15) is 31.4 Å². The normalized spacial score (nSPS) is 14.9. The summed E-state index contributed by atoms with van der Waals surface area (Å²) in [7, 11) is 1.45. The first-order valence-corrected chi connectivity index (χ1v) is 10.2. The molecule has 3 rings (SSSR count). The third kappa shape index (κ3) is 6.26. The van der Waals surface area contributed by atoms with Crippen LogP contribution >= 0.6 is 0 Å². The minimum atomic E-state index is -5.08. The van der Waals surface area contributed by atoms with Crippen LogP contribution in [0.2, 0.25) is 0 Å². The number of hydrogen-bond acceptors (Lipinski definition) is 5. The third-order valence-corrected chi connectivity index (χ3v) is 4.91. The van der Waals surface area contributed by atoms with E-state index in [1.54, 1.807) is 12.2 Å². The van der Waals surface area contributed by atoms with Gasteiger partial charge >= 0.3 is 12.4 Å². The van der Waals surface area contributed by atoms with Crippen molar-refractivity contribution in [2.45, 2.75) is 31.4 Å². The average Bonchev–Trinajstić information content (AvgIpc) is 3.25. The number of pyridine rings is 1. The molecule has 2 amide bonds. The summed E-state index contributed by atoms with van der Waals surface area (Å²) in [6.07, 6.45) is -3.77. The predicted molar refractivity (Wildman–Crippen MR) is 112 cm³/mol. The topological polar surface area (TPSA) is 101 Å². The van der Waals surface area contributed by atoms with Gasteiger partial charge in [0.15, 0.2) is 5.69 Å². The van der Waals surface area contributed by atoms with Gasteiger partial charge < -0.3 is 16.0 Å². The van der Waals surface area contributed by atoms with Crippen molar-refractivity contribution in [2.75, 3.05) is 18.9 Å². The number of carbonyl (C=O) groups excluding carboxylic acids is 2. The van der Waals surface area contributed by atoms with Crippen molar-refractivity contribution >= 4 is 17.5 Å². The standard InChI is InChI=1S/C21H20F6N6O2/c1-28-11-16(32-18(34)12-5-3-2-4-6-12)33-17(21(25,26)27)14(10-30-33)19(35)31-13-7-8-29-15(9-13)20(22,23)24/h2-3,5,7-10,16,28H,4,6,11H2,1H3,(H,32,34)(H,29,31,35). The molecule has 8 nitrogen and oxygen atoms in total. The van der Waals surface area contributed by atoms with Gasteiger partial charge in [0.25, 0.3) is 5.91 Å². The Morgan fingerprint density at radius 1 is 1.14 bits per heavy atom. The SMILES string of the molecule is CNCC(NC(=O)C1=CC=CCC1)n1ncc(C(=O)Nc2ccnc(C(F)(F)F)c2)c1C(F)(F)F. The molecule has 1 aliphatic rings. The van der Waals surface area contributed by atoms with Crippen LogP contribution in [0.3, 0.4) is 0 Å². The molecule has 2 aromatic heterocycles. The Hall–Kier alpha value is -3.68. The molecule has 35 heavy (non-hydrogen) atoms. The number of aromatic nitrogens is 3. The Balaban J connectivity index is 1.93. The van der Waals surface area contributed by atoms with Crippen LogP contribution < -0.4 is 16.0 Å². The third-order valence-electron chi connectivity index (χ3n) is 4.91. The van der Waals surface area contributed by atoms with E-state index in [1.807, 2.05) is 11.4 Å². The molecule has 0 saturated carbocycles. The van der Waals surface area contributed by atoms with Gasteiger partial charge in [0.05, 0.1) is 11.8 Å². The van der Waals surface area contributed by atoms with E-state index in [0.717, 1.165) is 12.3 Å². The van der Waals surface area contributed by atoms with Crippen LogP contribution in [0.4, 0.5) is 32.0 Å². The molecule has 2 heterocycles. The highest BCUT2D eigenvalue weighted by molar-refractivity contribution is 6.05. The summed E-state index contributed by atoms with van der Waals surface area (Å²) in [6.45, 7) is -0.167. The summed E-state index contributed by atoms with van der Waals surface area (Å²) in [5, 5.41) is 10.8. The van der Waals surface area contributed by atoms with Gasteiger partial charge in [0.1, 0.15) is 11.9 Å². The van der Waals surface area contributed by atoms with Crippen LogP contribution in [0.5, 0.6) is 0 Å². The zero-order valence-electron chi connectivity index (χ0n) is 18.2. The summed E-state index contributed by atoms with van der Waals surface area (Å²) >= 11 is 0. The fraction of sp³-hybridized carbons (Fsp3) is 0.333. The number of carbonyl (C=O) groups is 2. The fourth-order valence-electron chi connectivity index (χ4n) is 3.34. The maximum atomic E-state index is 14.0. The highest BCUT2D eigenvalue weighted by Crippen LogP contribution is 2.34. The number of amides is 2. The van der Waals surface area contributed by atoms with Gasteiger partial charge in [-0.1, -0.05) is 18.2 Å². The molecule has 0 fully saturated rings. The van der Waals surface area contributed by atoms with Crippen LogP contribution in [0.1, 0.15) is 40.8 Å².